The topological polar surface area (TPSA) is 41.1 Å². The van der Waals surface area contributed by atoms with Crippen LogP contribution in [0.4, 0.5) is 8.78 Å². The average Bonchev–Trinajstić information content (AvgIpc) is 3.38. The van der Waals surface area contributed by atoms with Crippen LogP contribution in [0, 0.1) is 17.6 Å². The Morgan fingerprint density at radius 2 is 1.80 bits per heavy atom. The van der Waals surface area contributed by atoms with Crippen molar-refractivity contribution in [2.45, 2.75) is 56.9 Å². The second kappa shape index (κ2) is 9.48. The SMILES string of the molecule is Cl.O=C(NCCNC1CCCCCC1)C1CC1c1cccc(F)c1F. The summed E-state index contributed by atoms with van der Waals surface area (Å²) in [6.45, 7) is 1.35. The molecule has 1 aromatic rings. The Morgan fingerprint density at radius 3 is 2.52 bits per heavy atom. The molecular weight excluding hydrogens is 346 g/mol. The first kappa shape index (κ1) is 20.1. The maximum absolute atomic E-state index is 13.8. The van der Waals surface area contributed by atoms with Gasteiger partial charge in [0.15, 0.2) is 11.6 Å². The zero-order valence-corrected chi connectivity index (χ0v) is 15.2. The van der Waals surface area contributed by atoms with Crippen LogP contribution >= 0.6 is 12.4 Å². The van der Waals surface area contributed by atoms with Crippen LogP contribution in [0.25, 0.3) is 0 Å². The second-order valence-corrected chi connectivity index (χ2v) is 7.03. The minimum absolute atomic E-state index is 0. The fourth-order valence-electron chi connectivity index (χ4n) is 3.71. The molecule has 2 aliphatic carbocycles. The van der Waals surface area contributed by atoms with Crippen molar-refractivity contribution in [2.24, 2.45) is 5.92 Å². The Hall–Kier alpha value is -1.20. The van der Waals surface area contributed by atoms with E-state index in [-0.39, 0.29) is 30.2 Å². The fourth-order valence-corrected chi connectivity index (χ4v) is 3.71. The molecular formula is C19H27ClF2N2O. The summed E-state index contributed by atoms with van der Waals surface area (Å²) >= 11 is 0. The van der Waals surface area contributed by atoms with Crippen LogP contribution in [0.1, 0.15) is 56.4 Å². The van der Waals surface area contributed by atoms with Gasteiger partial charge in [0.1, 0.15) is 0 Å². The number of rotatable bonds is 6. The summed E-state index contributed by atoms with van der Waals surface area (Å²) in [5.74, 6) is -2.11. The maximum Gasteiger partial charge on any atom is 0.223 e. The predicted octanol–water partition coefficient (Wildman–Crippen LogP) is 3.92. The molecule has 3 rings (SSSR count). The van der Waals surface area contributed by atoms with Crippen LogP contribution in [0.15, 0.2) is 18.2 Å². The van der Waals surface area contributed by atoms with Gasteiger partial charge in [0.25, 0.3) is 0 Å². The second-order valence-electron chi connectivity index (χ2n) is 7.03. The average molecular weight is 373 g/mol. The van der Waals surface area contributed by atoms with E-state index < -0.39 is 11.6 Å². The first-order chi connectivity index (χ1) is 11.7. The minimum Gasteiger partial charge on any atom is -0.355 e. The van der Waals surface area contributed by atoms with Crippen molar-refractivity contribution in [3.8, 4) is 0 Å². The number of nitrogens with one attached hydrogen (secondary N) is 2. The molecule has 2 saturated carbocycles. The van der Waals surface area contributed by atoms with Crippen molar-refractivity contribution in [3.63, 3.8) is 0 Å². The van der Waals surface area contributed by atoms with Gasteiger partial charge in [-0.3, -0.25) is 4.79 Å². The van der Waals surface area contributed by atoms with E-state index in [9.17, 15) is 13.6 Å². The van der Waals surface area contributed by atoms with Crippen LogP contribution < -0.4 is 10.6 Å². The van der Waals surface area contributed by atoms with E-state index in [1.54, 1.807) is 6.07 Å². The Kier molecular flexibility index (Phi) is 7.63. The molecule has 0 aliphatic heterocycles. The Morgan fingerprint density at radius 1 is 1.08 bits per heavy atom. The third-order valence-corrected chi connectivity index (χ3v) is 5.22. The summed E-state index contributed by atoms with van der Waals surface area (Å²) in [4.78, 5) is 12.1. The van der Waals surface area contributed by atoms with Crippen LogP contribution in [0.2, 0.25) is 0 Å². The maximum atomic E-state index is 13.8. The number of hydrogen-bond acceptors (Lipinski definition) is 2. The first-order valence-corrected chi connectivity index (χ1v) is 9.12. The summed E-state index contributed by atoms with van der Waals surface area (Å²) in [5.41, 5.74) is 0.326. The van der Waals surface area contributed by atoms with E-state index in [2.05, 4.69) is 10.6 Å². The number of carbonyl (C=O) groups is 1. The van der Waals surface area contributed by atoms with Crippen LogP contribution in [0.5, 0.6) is 0 Å². The van der Waals surface area contributed by atoms with Gasteiger partial charge < -0.3 is 10.6 Å². The molecule has 0 saturated heterocycles. The van der Waals surface area contributed by atoms with Crippen molar-refractivity contribution in [1.29, 1.82) is 0 Å². The van der Waals surface area contributed by atoms with Gasteiger partial charge >= 0.3 is 0 Å². The zero-order valence-electron chi connectivity index (χ0n) is 14.4. The highest BCUT2D eigenvalue weighted by Crippen LogP contribution is 2.48. The molecule has 2 N–H and O–H groups in total. The molecule has 2 aliphatic rings. The summed E-state index contributed by atoms with van der Waals surface area (Å²) in [5, 5.41) is 6.43. The summed E-state index contributed by atoms with van der Waals surface area (Å²) in [7, 11) is 0. The van der Waals surface area contributed by atoms with Gasteiger partial charge in [-0.1, -0.05) is 37.8 Å². The molecule has 0 aromatic heterocycles. The number of halogens is 3. The Bertz CT molecular complexity index is 577. The number of amides is 1. The number of carbonyl (C=O) groups excluding carboxylic acids is 1. The van der Waals surface area contributed by atoms with Crippen LogP contribution in [0.3, 0.4) is 0 Å². The van der Waals surface area contributed by atoms with Crippen molar-refractivity contribution < 1.29 is 13.6 Å². The highest BCUT2D eigenvalue weighted by Gasteiger charge is 2.45. The van der Waals surface area contributed by atoms with Crippen molar-refractivity contribution in [1.82, 2.24) is 10.6 Å². The lowest BCUT2D eigenvalue weighted by atomic mass is 10.1. The summed E-state index contributed by atoms with van der Waals surface area (Å²) in [6.07, 6.45) is 8.26. The molecule has 2 unspecified atom stereocenters. The zero-order chi connectivity index (χ0) is 16.9. The van der Waals surface area contributed by atoms with Crippen molar-refractivity contribution >= 4 is 18.3 Å². The monoisotopic (exact) mass is 372 g/mol. The molecule has 0 spiro atoms. The minimum atomic E-state index is -0.842. The number of hydrogen-bond donors (Lipinski definition) is 2. The molecule has 3 nitrogen and oxygen atoms in total. The lowest BCUT2D eigenvalue weighted by Gasteiger charge is -2.16. The van der Waals surface area contributed by atoms with E-state index in [0.29, 0.717) is 24.6 Å². The van der Waals surface area contributed by atoms with E-state index >= 15 is 0 Å². The Balaban J connectivity index is 0.00000225. The molecule has 140 valence electrons. The van der Waals surface area contributed by atoms with Gasteiger partial charge in [-0.2, -0.15) is 0 Å². The quantitative estimate of drug-likeness (QED) is 0.587. The van der Waals surface area contributed by atoms with Gasteiger partial charge in [-0.15, -0.1) is 12.4 Å². The highest BCUT2D eigenvalue weighted by atomic mass is 35.5. The van der Waals surface area contributed by atoms with Crippen molar-refractivity contribution in [2.75, 3.05) is 13.1 Å². The molecule has 25 heavy (non-hydrogen) atoms. The molecule has 2 fully saturated rings. The number of benzene rings is 1. The molecule has 2 atom stereocenters. The smallest absolute Gasteiger partial charge is 0.223 e. The lowest BCUT2D eigenvalue weighted by Crippen LogP contribution is -2.37. The van der Waals surface area contributed by atoms with Gasteiger partial charge in [0, 0.05) is 25.0 Å². The largest absolute Gasteiger partial charge is 0.355 e. The van der Waals surface area contributed by atoms with Gasteiger partial charge in [0.2, 0.25) is 5.91 Å². The fraction of sp³-hybridized carbons (Fsp3) is 0.632. The summed E-state index contributed by atoms with van der Waals surface area (Å²) < 4.78 is 27.0. The van der Waals surface area contributed by atoms with Crippen LogP contribution in [-0.2, 0) is 4.79 Å². The third-order valence-electron chi connectivity index (χ3n) is 5.22. The van der Waals surface area contributed by atoms with Crippen molar-refractivity contribution in [3.05, 3.63) is 35.4 Å². The molecule has 6 heteroatoms. The van der Waals surface area contributed by atoms with E-state index in [0.717, 1.165) is 12.6 Å². The molecule has 1 aromatic carbocycles. The van der Waals surface area contributed by atoms with Gasteiger partial charge in [-0.25, -0.2) is 8.78 Å². The predicted molar refractivity (Wildman–Crippen MR) is 97.0 cm³/mol. The third kappa shape index (κ3) is 5.38. The van der Waals surface area contributed by atoms with Gasteiger partial charge in [0.05, 0.1) is 0 Å². The standard InChI is InChI=1S/C19H26F2N2O.ClH/c20-17-9-5-8-14(18(17)21)15-12-16(15)19(24)23-11-10-22-13-6-3-1-2-4-7-13;/h5,8-9,13,15-16,22H,1-4,6-7,10-12H2,(H,23,24);1H. The summed E-state index contributed by atoms with van der Waals surface area (Å²) in [6, 6.07) is 4.75. The molecule has 0 heterocycles. The van der Waals surface area contributed by atoms with E-state index in [1.807, 2.05) is 0 Å². The normalized spacial score (nSPS) is 23.4. The van der Waals surface area contributed by atoms with Gasteiger partial charge in [-0.05, 0) is 36.8 Å². The van der Waals surface area contributed by atoms with E-state index in [4.69, 9.17) is 0 Å². The molecule has 0 radical (unpaired) electrons. The first-order valence-electron chi connectivity index (χ1n) is 9.12. The lowest BCUT2D eigenvalue weighted by molar-refractivity contribution is -0.122. The van der Waals surface area contributed by atoms with E-state index in [1.165, 1.54) is 44.6 Å². The molecule has 0 bridgehead atoms. The Labute approximate surface area is 154 Å². The van der Waals surface area contributed by atoms with Crippen LogP contribution in [-0.4, -0.2) is 25.0 Å². The molecule has 1 amide bonds. The highest BCUT2D eigenvalue weighted by molar-refractivity contribution is 5.85.